The zero-order valence-corrected chi connectivity index (χ0v) is 14.4. The molecule has 0 unspecified atom stereocenters. The molecule has 1 saturated heterocycles. The Morgan fingerprint density at radius 1 is 1.27 bits per heavy atom. The van der Waals surface area contributed by atoms with Gasteiger partial charge < -0.3 is 4.74 Å². The fourth-order valence-corrected chi connectivity index (χ4v) is 3.23. The number of likely N-dealkylation sites (tertiary alicyclic amines) is 1. The second-order valence-electron chi connectivity index (χ2n) is 7.33. The molecule has 0 aliphatic carbocycles. The van der Waals surface area contributed by atoms with Crippen molar-refractivity contribution in [3.8, 4) is 0 Å². The molecule has 0 bridgehead atoms. The molecule has 0 aromatic heterocycles. The highest BCUT2D eigenvalue weighted by molar-refractivity contribution is 5.89. The summed E-state index contributed by atoms with van der Waals surface area (Å²) in [6.45, 7) is 9.30. The first kappa shape index (κ1) is 17.0. The van der Waals surface area contributed by atoms with Crippen LogP contribution >= 0.6 is 0 Å². The van der Waals surface area contributed by atoms with Gasteiger partial charge in [-0.2, -0.15) is 0 Å². The van der Waals surface area contributed by atoms with Gasteiger partial charge in [-0.15, -0.1) is 0 Å². The predicted molar refractivity (Wildman–Crippen MR) is 90.2 cm³/mol. The molecule has 0 radical (unpaired) electrons. The maximum absolute atomic E-state index is 11.6. The first-order chi connectivity index (χ1) is 10.4. The van der Waals surface area contributed by atoms with Gasteiger partial charge in [0.25, 0.3) is 0 Å². The summed E-state index contributed by atoms with van der Waals surface area (Å²) >= 11 is 0. The lowest BCUT2D eigenvalue weighted by molar-refractivity contribution is 0.0600. The van der Waals surface area contributed by atoms with Crippen LogP contribution in [0.25, 0.3) is 0 Å². The van der Waals surface area contributed by atoms with Crippen LogP contribution in [-0.4, -0.2) is 36.6 Å². The molecule has 1 aliphatic rings. The number of piperidine rings is 1. The van der Waals surface area contributed by atoms with E-state index >= 15 is 0 Å². The predicted octanol–water partition coefficient (Wildman–Crippen LogP) is 3.92. The lowest BCUT2D eigenvalue weighted by Gasteiger charge is -2.41. The highest BCUT2D eigenvalue weighted by Gasteiger charge is 2.26. The summed E-state index contributed by atoms with van der Waals surface area (Å²) in [6.07, 6.45) is 4.83. The lowest BCUT2D eigenvalue weighted by Crippen LogP contribution is -2.46. The van der Waals surface area contributed by atoms with Gasteiger partial charge in [0.15, 0.2) is 0 Å². The minimum Gasteiger partial charge on any atom is -0.465 e. The van der Waals surface area contributed by atoms with Gasteiger partial charge >= 0.3 is 5.97 Å². The molecule has 2 rings (SSSR count). The van der Waals surface area contributed by atoms with Crippen molar-refractivity contribution in [3.05, 3.63) is 35.4 Å². The molecule has 1 aromatic rings. The van der Waals surface area contributed by atoms with E-state index in [0.717, 1.165) is 12.3 Å². The van der Waals surface area contributed by atoms with E-state index in [1.807, 2.05) is 18.2 Å². The summed E-state index contributed by atoms with van der Waals surface area (Å²) in [5, 5.41) is 0. The summed E-state index contributed by atoms with van der Waals surface area (Å²) in [7, 11) is 1.43. The van der Waals surface area contributed by atoms with Crippen LogP contribution in [-0.2, 0) is 11.2 Å². The number of rotatable bonds is 4. The number of hydrogen-bond acceptors (Lipinski definition) is 3. The molecule has 0 saturated carbocycles. The van der Waals surface area contributed by atoms with Gasteiger partial charge in [0.05, 0.1) is 12.7 Å². The summed E-state index contributed by atoms with van der Waals surface area (Å²) < 4.78 is 4.78. The zero-order chi connectivity index (χ0) is 16.2. The van der Waals surface area contributed by atoms with Crippen LogP contribution in [0, 0.1) is 5.92 Å². The fraction of sp³-hybridized carbons (Fsp3) is 0.632. The first-order valence-electron chi connectivity index (χ1n) is 8.32. The van der Waals surface area contributed by atoms with E-state index in [1.165, 1.54) is 45.0 Å². The number of nitrogens with zero attached hydrogens (tertiary/aromatic N) is 1. The van der Waals surface area contributed by atoms with Gasteiger partial charge in [0.2, 0.25) is 0 Å². The maximum Gasteiger partial charge on any atom is 0.337 e. The topological polar surface area (TPSA) is 29.5 Å². The monoisotopic (exact) mass is 303 g/mol. The van der Waals surface area contributed by atoms with Gasteiger partial charge in [-0.1, -0.05) is 12.1 Å². The van der Waals surface area contributed by atoms with Crippen LogP contribution in [0.5, 0.6) is 0 Å². The SMILES string of the molecule is COC(=O)c1cccc(CCC2CCN(C(C)(C)C)CC2)c1. The average Bonchev–Trinajstić information content (AvgIpc) is 2.52. The van der Waals surface area contributed by atoms with Crippen molar-refractivity contribution in [2.24, 2.45) is 5.92 Å². The smallest absolute Gasteiger partial charge is 0.337 e. The van der Waals surface area contributed by atoms with E-state index in [4.69, 9.17) is 4.74 Å². The lowest BCUT2D eigenvalue weighted by atomic mass is 9.88. The molecule has 3 nitrogen and oxygen atoms in total. The van der Waals surface area contributed by atoms with E-state index in [1.54, 1.807) is 0 Å². The fourth-order valence-electron chi connectivity index (χ4n) is 3.23. The standard InChI is InChI=1S/C19H29NO2/c1-19(2,3)20-12-10-15(11-13-20)8-9-16-6-5-7-17(14-16)18(21)22-4/h5-7,14-15H,8-13H2,1-4H3. The highest BCUT2D eigenvalue weighted by atomic mass is 16.5. The third kappa shape index (κ3) is 4.57. The van der Waals surface area contributed by atoms with Crippen LogP contribution in [0.2, 0.25) is 0 Å². The second-order valence-corrected chi connectivity index (χ2v) is 7.33. The number of methoxy groups -OCH3 is 1. The van der Waals surface area contributed by atoms with Crippen LogP contribution in [0.15, 0.2) is 24.3 Å². The molecule has 1 fully saturated rings. The number of ether oxygens (including phenoxy) is 1. The van der Waals surface area contributed by atoms with E-state index < -0.39 is 0 Å². The minimum atomic E-state index is -0.250. The van der Waals surface area contributed by atoms with Gasteiger partial charge in [0.1, 0.15) is 0 Å². The number of aryl methyl sites for hydroxylation is 1. The van der Waals surface area contributed by atoms with Gasteiger partial charge in [-0.05, 0) is 83.2 Å². The van der Waals surface area contributed by atoms with E-state index in [0.29, 0.717) is 11.1 Å². The second kappa shape index (κ2) is 7.28. The summed E-state index contributed by atoms with van der Waals surface area (Å²) in [5.74, 6) is 0.556. The quantitative estimate of drug-likeness (QED) is 0.790. The van der Waals surface area contributed by atoms with E-state index in [9.17, 15) is 4.79 Å². The molecule has 3 heteroatoms. The average molecular weight is 303 g/mol. The molecule has 1 aliphatic heterocycles. The Morgan fingerprint density at radius 3 is 2.55 bits per heavy atom. The van der Waals surface area contributed by atoms with Gasteiger partial charge in [-0.3, -0.25) is 4.90 Å². The van der Waals surface area contributed by atoms with Crippen LogP contribution in [0.3, 0.4) is 0 Å². The van der Waals surface area contributed by atoms with Crippen molar-refractivity contribution in [2.75, 3.05) is 20.2 Å². The number of esters is 1. The minimum absolute atomic E-state index is 0.250. The summed E-state index contributed by atoms with van der Waals surface area (Å²) in [6, 6.07) is 7.84. The van der Waals surface area contributed by atoms with E-state index in [-0.39, 0.29) is 5.97 Å². The maximum atomic E-state index is 11.6. The number of carbonyl (C=O) groups excluding carboxylic acids is 1. The first-order valence-corrected chi connectivity index (χ1v) is 8.32. The molecule has 0 N–H and O–H groups in total. The molecule has 0 atom stereocenters. The normalized spacial score (nSPS) is 17.5. The third-order valence-corrected chi connectivity index (χ3v) is 4.75. The van der Waals surface area contributed by atoms with Crippen molar-refractivity contribution in [3.63, 3.8) is 0 Å². The molecule has 122 valence electrons. The molecular weight excluding hydrogens is 274 g/mol. The molecule has 22 heavy (non-hydrogen) atoms. The molecule has 1 heterocycles. The van der Waals surface area contributed by atoms with Crippen molar-refractivity contribution in [1.29, 1.82) is 0 Å². The molecule has 0 spiro atoms. The van der Waals surface area contributed by atoms with E-state index in [2.05, 4.69) is 31.7 Å². The largest absolute Gasteiger partial charge is 0.465 e. The van der Waals surface area contributed by atoms with Crippen LogP contribution in [0.4, 0.5) is 0 Å². The molecule has 0 amide bonds. The molecule has 1 aromatic carbocycles. The Morgan fingerprint density at radius 2 is 1.95 bits per heavy atom. The summed E-state index contributed by atoms with van der Waals surface area (Å²) in [4.78, 5) is 14.2. The van der Waals surface area contributed by atoms with Crippen molar-refractivity contribution in [2.45, 2.75) is 52.0 Å². The Bertz CT molecular complexity index is 496. The van der Waals surface area contributed by atoms with Crippen molar-refractivity contribution >= 4 is 5.97 Å². The van der Waals surface area contributed by atoms with Crippen LogP contribution < -0.4 is 0 Å². The van der Waals surface area contributed by atoms with Gasteiger partial charge in [-0.25, -0.2) is 4.79 Å². The Balaban J connectivity index is 1.83. The van der Waals surface area contributed by atoms with Crippen molar-refractivity contribution < 1.29 is 9.53 Å². The Labute approximate surface area is 134 Å². The molecular formula is C19H29NO2. The third-order valence-electron chi connectivity index (χ3n) is 4.75. The summed E-state index contributed by atoms with van der Waals surface area (Å²) in [5.41, 5.74) is 2.18. The zero-order valence-electron chi connectivity index (χ0n) is 14.4. The van der Waals surface area contributed by atoms with Crippen molar-refractivity contribution in [1.82, 2.24) is 4.90 Å². The number of carbonyl (C=O) groups is 1. The Kier molecular flexibility index (Phi) is 5.63. The highest BCUT2D eigenvalue weighted by Crippen LogP contribution is 2.26. The number of benzene rings is 1. The van der Waals surface area contributed by atoms with Crippen LogP contribution in [0.1, 0.15) is 56.0 Å². The van der Waals surface area contributed by atoms with Gasteiger partial charge in [0, 0.05) is 5.54 Å². The Hall–Kier alpha value is -1.35. The number of hydrogen-bond donors (Lipinski definition) is 0.